The van der Waals surface area contributed by atoms with Crippen LogP contribution in [0.1, 0.15) is 0 Å². The second kappa shape index (κ2) is 5.42. The number of carbonyl (C=O) groups is 1. The molecule has 0 saturated heterocycles. The number of likely N-dealkylation sites (N-methyl/N-ethyl adjacent to an activating group) is 1. The minimum Gasteiger partial charge on any atom is -0.325 e. The molecule has 3 N–H and O–H groups in total. The number of carbonyl (C=O) groups excluding carboxylic acids is 1. The maximum absolute atomic E-state index is 13.2. The molecule has 0 fully saturated rings. The molecule has 0 atom stereocenters. The van der Waals surface area contributed by atoms with Gasteiger partial charge in [0.1, 0.15) is 5.82 Å². The number of benzene rings is 1. The summed E-state index contributed by atoms with van der Waals surface area (Å²) in [6.07, 6.45) is 0. The summed E-state index contributed by atoms with van der Waals surface area (Å²) in [5, 5.41) is 7.28. The minimum absolute atomic E-state index is 0.0471. The number of nitrogens with zero attached hydrogens (tertiary/aromatic N) is 1. The summed E-state index contributed by atoms with van der Waals surface area (Å²) in [5.41, 5.74) is 0.0471. The maximum Gasteiger partial charge on any atom is 0.238 e. The number of hydrogen-bond acceptors (Lipinski definition) is 4. The van der Waals surface area contributed by atoms with E-state index in [2.05, 4.69) is 5.32 Å². The molecule has 0 aromatic heterocycles. The minimum atomic E-state index is -4.01. The molecule has 6 nitrogen and oxygen atoms in total. The molecule has 0 aliphatic heterocycles. The molecule has 0 aliphatic carbocycles. The second-order valence-electron chi connectivity index (χ2n) is 4.01. The van der Waals surface area contributed by atoms with E-state index in [4.69, 9.17) is 5.14 Å². The van der Waals surface area contributed by atoms with E-state index in [0.717, 1.165) is 18.2 Å². The topological polar surface area (TPSA) is 92.5 Å². The van der Waals surface area contributed by atoms with Crippen molar-refractivity contribution in [2.24, 2.45) is 5.14 Å². The average Bonchev–Trinajstić information content (AvgIpc) is 2.13. The van der Waals surface area contributed by atoms with E-state index in [1.165, 1.54) is 0 Å². The van der Waals surface area contributed by atoms with Gasteiger partial charge in [0.2, 0.25) is 15.9 Å². The van der Waals surface area contributed by atoms with E-state index >= 15 is 0 Å². The number of nitrogens with one attached hydrogen (secondary N) is 1. The summed E-state index contributed by atoms with van der Waals surface area (Å²) >= 11 is 0. The summed E-state index contributed by atoms with van der Waals surface area (Å²) in [6, 6.07) is 2.91. The maximum atomic E-state index is 13.2. The van der Waals surface area contributed by atoms with E-state index < -0.39 is 15.8 Å². The molecule has 0 heterocycles. The molecule has 18 heavy (non-hydrogen) atoms. The number of hydrogen-bond donors (Lipinski definition) is 2. The fourth-order valence-corrected chi connectivity index (χ4v) is 1.85. The Morgan fingerprint density at radius 2 is 2.00 bits per heavy atom. The third-order valence-electron chi connectivity index (χ3n) is 1.94. The average molecular weight is 275 g/mol. The Balaban J connectivity index is 2.97. The van der Waals surface area contributed by atoms with Gasteiger partial charge in [-0.3, -0.25) is 4.79 Å². The van der Waals surface area contributed by atoms with Gasteiger partial charge in [0.05, 0.1) is 11.4 Å². The van der Waals surface area contributed by atoms with Crippen molar-refractivity contribution in [1.29, 1.82) is 0 Å². The molecule has 0 unspecified atom stereocenters. The van der Waals surface area contributed by atoms with Crippen LogP contribution in [0.4, 0.5) is 10.1 Å². The highest BCUT2D eigenvalue weighted by molar-refractivity contribution is 7.89. The first-order valence-corrected chi connectivity index (χ1v) is 6.51. The summed E-state index contributed by atoms with van der Waals surface area (Å²) < 4.78 is 35.4. The van der Waals surface area contributed by atoms with Crippen LogP contribution in [0, 0.1) is 5.82 Å². The van der Waals surface area contributed by atoms with Gasteiger partial charge in [0, 0.05) is 5.69 Å². The molecule has 1 amide bonds. The zero-order valence-electron chi connectivity index (χ0n) is 9.97. The van der Waals surface area contributed by atoms with Crippen molar-refractivity contribution in [3.05, 3.63) is 24.0 Å². The number of sulfonamides is 1. The van der Waals surface area contributed by atoms with E-state index in [0.29, 0.717) is 0 Å². The molecule has 0 spiro atoms. The van der Waals surface area contributed by atoms with Gasteiger partial charge in [0.25, 0.3) is 0 Å². The normalized spacial score (nSPS) is 11.6. The molecule has 1 rings (SSSR count). The standard InChI is InChI=1S/C10H14FN3O3S/c1-14(2)6-10(15)13-8-3-7(11)4-9(5-8)18(12,16)17/h3-5H,6H2,1-2H3,(H,13,15)(H2,12,16,17). The van der Waals surface area contributed by atoms with Crippen molar-refractivity contribution in [2.75, 3.05) is 26.0 Å². The first-order chi connectivity index (χ1) is 8.18. The second-order valence-corrected chi connectivity index (χ2v) is 5.57. The van der Waals surface area contributed by atoms with Gasteiger partial charge in [-0.2, -0.15) is 0 Å². The predicted molar refractivity (Wildman–Crippen MR) is 65.0 cm³/mol. The van der Waals surface area contributed by atoms with Gasteiger partial charge in [-0.1, -0.05) is 0 Å². The lowest BCUT2D eigenvalue weighted by molar-refractivity contribution is -0.116. The monoisotopic (exact) mass is 275 g/mol. The zero-order chi connectivity index (χ0) is 13.9. The van der Waals surface area contributed by atoms with Crippen molar-refractivity contribution in [1.82, 2.24) is 4.90 Å². The van der Waals surface area contributed by atoms with Crippen LogP contribution in [-0.4, -0.2) is 39.9 Å². The molecule has 0 radical (unpaired) electrons. The number of halogens is 1. The van der Waals surface area contributed by atoms with Crippen LogP contribution < -0.4 is 10.5 Å². The fourth-order valence-electron chi connectivity index (χ4n) is 1.29. The van der Waals surface area contributed by atoms with E-state index in [1.807, 2.05) is 0 Å². The zero-order valence-corrected chi connectivity index (χ0v) is 10.8. The molecule has 8 heteroatoms. The number of anilines is 1. The Bertz CT molecular complexity index is 557. The number of rotatable bonds is 4. The Morgan fingerprint density at radius 1 is 1.39 bits per heavy atom. The van der Waals surface area contributed by atoms with Gasteiger partial charge >= 0.3 is 0 Å². The lowest BCUT2D eigenvalue weighted by atomic mass is 10.3. The van der Waals surface area contributed by atoms with Gasteiger partial charge in [-0.15, -0.1) is 0 Å². The Hall–Kier alpha value is -1.51. The largest absolute Gasteiger partial charge is 0.325 e. The number of amides is 1. The van der Waals surface area contributed by atoms with Crippen LogP contribution in [0.3, 0.4) is 0 Å². The quantitative estimate of drug-likeness (QED) is 0.807. The van der Waals surface area contributed by atoms with E-state index in [9.17, 15) is 17.6 Å². The van der Waals surface area contributed by atoms with Crippen LogP contribution in [0.25, 0.3) is 0 Å². The molecular formula is C10H14FN3O3S. The van der Waals surface area contributed by atoms with E-state index in [-0.39, 0.29) is 23.0 Å². The molecular weight excluding hydrogens is 261 g/mol. The number of nitrogens with two attached hydrogens (primary N) is 1. The smallest absolute Gasteiger partial charge is 0.238 e. The Morgan fingerprint density at radius 3 is 2.50 bits per heavy atom. The van der Waals surface area contributed by atoms with Crippen molar-refractivity contribution in [2.45, 2.75) is 4.90 Å². The van der Waals surface area contributed by atoms with Gasteiger partial charge in [-0.05, 0) is 32.3 Å². The molecule has 1 aromatic carbocycles. The van der Waals surface area contributed by atoms with Crippen molar-refractivity contribution < 1.29 is 17.6 Å². The van der Waals surface area contributed by atoms with Gasteiger partial charge < -0.3 is 10.2 Å². The summed E-state index contributed by atoms with van der Waals surface area (Å²) in [7, 11) is -0.618. The molecule has 0 bridgehead atoms. The SMILES string of the molecule is CN(C)CC(=O)Nc1cc(F)cc(S(N)(=O)=O)c1. The van der Waals surface area contributed by atoms with Crippen LogP contribution in [0.2, 0.25) is 0 Å². The molecule has 100 valence electrons. The Kier molecular flexibility index (Phi) is 4.38. The predicted octanol–water partition coefficient (Wildman–Crippen LogP) is -0.0268. The highest BCUT2D eigenvalue weighted by Gasteiger charge is 2.12. The van der Waals surface area contributed by atoms with Crippen LogP contribution in [0.5, 0.6) is 0 Å². The number of primary sulfonamides is 1. The van der Waals surface area contributed by atoms with Crippen molar-refractivity contribution >= 4 is 21.6 Å². The molecule has 0 aliphatic rings. The third-order valence-corrected chi connectivity index (χ3v) is 2.84. The summed E-state index contributed by atoms with van der Waals surface area (Å²) in [4.78, 5) is 12.7. The first-order valence-electron chi connectivity index (χ1n) is 4.96. The van der Waals surface area contributed by atoms with Crippen molar-refractivity contribution in [3.63, 3.8) is 0 Å². The van der Waals surface area contributed by atoms with E-state index in [1.54, 1.807) is 19.0 Å². The molecule has 1 aromatic rings. The molecule has 0 saturated carbocycles. The highest BCUT2D eigenvalue weighted by atomic mass is 32.2. The van der Waals surface area contributed by atoms with Crippen LogP contribution >= 0.6 is 0 Å². The Labute approximate surface area is 105 Å². The lowest BCUT2D eigenvalue weighted by Gasteiger charge is -2.10. The highest BCUT2D eigenvalue weighted by Crippen LogP contribution is 2.17. The summed E-state index contributed by atoms with van der Waals surface area (Å²) in [6.45, 7) is 0.0984. The van der Waals surface area contributed by atoms with Gasteiger partial charge in [-0.25, -0.2) is 17.9 Å². The van der Waals surface area contributed by atoms with Gasteiger partial charge in [0.15, 0.2) is 0 Å². The fraction of sp³-hybridized carbons (Fsp3) is 0.300. The lowest BCUT2D eigenvalue weighted by Crippen LogP contribution is -2.27. The van der Waals surface area contributed by atoms with Crippen molar-refractivity contribution in [3.8, 4) is 0 Å². The van der Waals surface area contributed by atoms with Crippen LogP contribution in [-0.2, 0) is 14.8 Å². The first kappa shape index (κ1) is 14.6. The third kappa shape index (κ3) is 4.40. The van der Waals surface area contributed by atoms with Crippen LogP contribution in [0.15, 0.2) is 23.1 Å². The summed E-state index contributed by atoms with van der Waals surface area (Å²) in [5.74, 6) is -1.17.